The maximum absolute atomic E-state index is 12.5. The summed E-state index contributed by atoms with van der Waals surface area (Å²) in [5, 5.41) is 3.42. The van der Waals surface area contributed by atoms with Crippen LogP contribution in [-0.4, -0.2) is 21.7 Å². The summed E-state index contributed by atoms with van der Waals surface area (Å²) < 4.78 is 38.6. The molecule has 1 aliphatic heterocycles. The van der Waals surface area contributed by atoms with E-state index in [0.29, 0.717) is 0 Å². The first-order valence-corrected chi connectivity index (χ1v) is 6.87. The minimum atomic E-state index is -4.50. The first kappa shape index (κ1) is 14.6. The van der Waals surface area contributed by atoms with Crippen LogP contribution in [0.4, 0.5) is 18.9 Å². The van der Waals surface area contributed by atoms with Crippen molar-refractivity contribution in [1.82, 2.24) is 9.78 Å². The molecule has 0 aliphatic carbocycles. The molecule has 0 N–H and O–H groups in total. The molecule has 0 saturated carbocycles. The van der Waals surface area contributed by atoms with Gasteiger partial charge in [-0.1, -0.05) is 18.2 Å². The molecule has 1 amide bonds. The predicted octanol–water partition coefficient (Wildman–Crippen LogP) is 2.88. The topological polar surface area (TPSA) is 38.1 Å². The largest absolute Gasteiger partial charge is 0.435 e. The van der Waals surface area contributed by atoms with E-state index < -0.39 is 11.9 Å². The Morgan fingerprint density at radius 2 is 2.05 bits per heavy atom. The number of aromatic nitrogens is 2. The lowest BCUT2D eigenvalue weighted by molar-refractivity contribution is -0.141. The molecule has 1 atom stereocenters. The Morgan fingerprint density at radius 3 is 2.73 bits per heavy atom. The number of hydrogen-bond acceptors (Lipinski definition) is 2. The Balaban J connectivity index is 1.79. The Bertz CT molecular complexity index is 708. The third-order valence-corrected chi connectivity index (χ3v) is 3.70. The summed E-state index contributed by atoms with van der Waals surface area (Å²) in [6, 6.07) is 8.40. The van der Waals surface area contributed by atoms with Crippen LogP contribution in [0, 0.1) is 0 Å². The average molecular weight is 309 g/mol. The molecule has 0 unspecified atom stereocenters. The summed E-state index contributed by atoms with van der Waals surface area (Å²) in [7, 11) is 0. The number of anilines is 1. The second kappa shape index (κ2) is 5.15. The van der Waals surface area contributed by atoms with Gasteiger partial charge in [-0.05, 0) is 31.0 Å². The highest BCUT2D eigenvalue weighted by atomic mass is 19.4. The van der Waals surface area contributed by atoms with Gasteiger partial charge >= 0.3 is 6.18 Å². The summed E-state index contributed by atoms with van der Waals surface area (Å²) >= 11 is 0. The van der Waals surface area contributed by atoms with Gasteiger partial charge in [0.15, 0.2) is 5.69 Å². The fraction of sp³-hybridized carbons (Fsp3) is 0.333. The van der Waals surface area contributed by atoms with Gasteiger partial charge in [0.05, 0.1) is 0 Å². The molecule has 3 rings (SSSR count). The van der Waals surface area contributed by atoms with E-state index >= 15 is 0 Å². The number of hydrogen-bond donors (Lipinski definition) is 0. The number of carbonyl (C=O) groups is 1. The summed E-state index contributed by atoms with van der Waals surface area (Å²) in [5.74, 6) is -0.269. The Kier molecular flexibility index (Phi) is 3.42. The van der Waals surface area contributed by atoms with Crippen LogP contribution in [0.5, 0.6) is 0 Å². The van der Waals surface area contributed by atoms with Gasteiger partial charge in [-0.3, -0.25) is 9.48 Å². The fourth-order valence-corrected chi connectivity index (χ4v) is 2.76. The summed E-state index contributed by atoms with van der Waals surface area (Å²) in [5.41, 5.74) is 0.901. The summed E-state index contributed by atoms with van der Waals surface area (Å²) in [6.45, 7) is 1.71. The number of amides is 1. The van der Waals surface area contributed by atoms with Gasteiger partial charge in [0.1, 0.15) is 6.54 Å². The van der Waals surface area contributed by atoms with Crippen LogP contribution in [0.3, 0.4) is 0 Å². The summed E-state index contributed by atoms with van der Waals surface area (Å²) in [6.07, 6.45) is -2.58. The van der Waals surface area contributed by atoms with Crippen LogP contribution in [-0.2, 0) is 23.9 Å². The van der Waals surface area contributed by atoms with E-state index in [1.54, 1.807) is 4.90 Å². The summed E-state index contributed by atoms with van der Waals surface area (Å²) in [4.78, 5) is 14.1. The highest BCUT2D eigenvalue weighted by Gasteiger charge is 2.34. The van der Waals surface area contributed by atoms with Crippen molar-refractivity contribution in [3.05, 3.63) is 47.8 Å². The molecule has 1 aliphatic rings. The Labute approximate surface area is 125 Å². The van der Waals surface area contributed by atoms with Crippen LogP contribution < -0.4 is 4.90 Å². The van der Waals surface area contributed by atoms with E-state index in [-0.39, 0.29) is 18.5 Å². The molecule has 2 aromatic rings. The minimum Gasteiger partial charge on any atom is -0.307 e. The third-order valence-electron chi connectivity index (χ3n) is 3.70. The van der Waals surface area contributed by atoms with Crippen LogP contribution in [0.2, 0.25) is 0 Å². The molecule has 22 heavy (non-hydrogen) atoms. The molecule has 1 aromatic heterocycles. The van der Waals surface area contributed by atoms with Crippen molar-refractivity contribution in [1.29, 1.82) is 0 Å². The van der Waals surface area contributed by atoms with Crippen molar-refractivity contribution in [2.45, 2.75) is 32.1 Å². The number of benzene rings is 1. The SMILES string of the molecule is C[C@H]1Cc2ccccc2N1C(=O)Cn1ccc(C(F)(F)F)n1. The van der Waals surface area contributed by atoms with Gasteiger partial charge in [-0.15, -0.1) is 0 Å². The zero-order valence-corrected chi connectivity index (χ0v) is 11.8. The lowest BCUT2D eigenvalue weighted by atomic mass is 10.1. The fourth-order valence-electron chi connectivity index (χ4n) is 2.76. The van der Waals surface area contributed by atoms with Crippen LogP contribution >= 0.6 is 0 Å². The standard InChI is InChI=1S/C15H14F3N3O/c1-10-8-11-4-2-3-5-12(11)21(10)14(22)9-20-7-6-13(19-20)15(16,17)18/h2-7,10H,8-9H2,1H3/t10-/m0/s1. The Morgan fingerprint density at radius 1 is 1.32 bits per heavy atom. The predicted molar refractivity (Wildman–Crippen MR) is 74.3 cm³/mol. The van der Waals surface area contributed by atoms with Crippen molar-refractivity contribution < 1.29 is 18.0 Å². The number of halogens is 3. The second-order valence-electron chi connectivity index (χ2n) is 5.34. The maximum atomic E-state index is 12.5. The number of nitrogens with zero attached hydrogens (tertiary/aromatic N) is 3. The van der Waals surface area contributed by atoms with E-state index in [1.165, 1.54) is 6.20 Å². The lowest BCUT2D eigenvalue weighted by Gasteiger charge is -2.22. The number of carbonyl (C=O) groups excluding carboxylic acids is 1. The average Bonchev–Trinajstić information content (AvgIpc) is 3.01. The second-order valence-corrected chi connectivity index (χ2v) is 5.34. The molecule has 7 heteroatoms. The van der Waals surface area contributed by atoms with Gasteiger partial charge in [0.25, 0.3) is 0 Å². The zero-order valence-electron chi connectivity index (χ0n) is 11.8. The van der Waals surface area contributed by atoms with E-state index in [2.05, 4.69) is 5.10 Å². The van der Waals surface area contributed by atoms with Crippen LogP contribution in [0.15, 0.2) is 36.5 Å². The third kappa shape index (κ3) is 2.58. The van der Waals surface area contributed by atoms with Crippen molar-refractivity contribution in [2.75, 3.05) is 4.90 Å². The smallest absolute Gasteiger partial charge is 0.307 e. The molecule has 2 heterocycles. The zero-order chi connectivity index (χ0) is 15.9. The number of fused-ring (bicyclic) bond motifs is 1. The van der Waals surface area contributed by atoms with E-state index in [0.717, 1.165) is 28.4 Å². The van der Waals surface area contributed by atoms with Crippen molar-refractivity contribution in [3.8, 4) is 0 Å². The minimum absolute atomic E-state index is 0.0115. The molecule has 0 bridgehead atoms. The lowest BCUT2D eigenvalue weighted by Crippen LogP contribution is -2.38. The Hall–Kier alpha value is -2.31. The van der Waals surface area contributed by atoms with Gasteiger partial charge in [-0.25, -0.2) is 0 Å². The molecule has 0 spiro atoms. The van der Waals surface area contributed by atoms with Crippen molar-refractivity contribution >= 4 is 11.6 Å². The van der Waals surface area contributed by atoms with E-state index in [9.17, 15) is 18.0 Å². The highest BCUT2D eigenvalue weighted by Crippen LogP contribution is 2.32. The van der Waals surface area contributed by atoms with Crippen molar-refractivity contribution in [2.24, 2.45) is 0 Å². The first-order valence-electron chi connectivity index (χ1n) is 6.87. The van der Waals surface area contributed by atoms with Gasteiger partial charge in [-0.2, -0.15) is 18.3 Å². The molecule has 116 valence electrons. The van der Waals surface area contributed by atoms with Crippen molar-refractivity contribution in [3.63, 3.8) is 0 Å². The molecular formula is C15H14F3N3O. The van der Waals surface area contributed by atoms with E-state index in [1.807, 2.05) is 31.2 Å². The molecule has 1 aromatic carbocycles. The van der Waals surface area contributed by atoms with E-state index in [4.69, 9.17) is 0 Å². The molecular weight excluding hydrogens is 295 g/mol. The van der Waals surface area contributed by atoms with Crippen LogP contribution in [0.25, 0.3) is 0 Å². The number of para-hydroxylation sites is 1. The number of alkyl halides is 3. The molecule has 4 nitrogen and oxygen atoms in total. The quantitative estimate of drug-likeness (QED) is 0.855. The van der Waals surface area contributed by atoms with Crippen LogP contribution in [0.1, 0.15) is 18.2 Å². The van der Waals surface area contributed by atoms with Gasteiger partial charge < -0.3 is 4.90 Å². The first-order chi connectivity index (χ1) is 10.4. The molecule has 0 saturated heterocycles. The monoisotopic (exact) mass is 309 g/mol. The highest BCUT2D eigenvalue weighted by molar-refractivity contribution is 5.96. The maximum Gasteiger partial charge on any atom is 0.435 e. The normalized spacial score (nSPS) is 17.6. The molecule has 0 fully saturated rings. The van der Waals surface area contributed by atoms with Gasteiger partial charge in [0.2, 0.25) is 5.91 Å². The van der Waals surface area contributed by atoms with Gasteiger partial charge in [0, 0.05) is 17.9 Å². The number of rotatable bonds is 2. The molecule has 0 radical (unpaired) electrons.